The van der Waals surface area contributed by atoms with Crippen LogP contribution in [0.1, 0.15) is 26.5 Å². The van der Waals surface area contributed by atoms with Gasteiger partial charge >= 0.3 is 5.97 Å². The van der Waals surface area contributed by atoms with Crippen molar-refractivity contribution in [3.63, 3.8) is 0 Å². The summed E-state index contributed by atoms with van der Waals surface area (Å²) >= 11 is 0. The number of methoxy groups -OCH3 is 1. The summed E-state index contributed by atoms with van der Waals surface area (Å²) in [5.41, 5.74) is 1.13. The molecule has 0 atom stereocenters. The second kappa shape index (κ2) is 8.72. The highest BCUT2D eigenvalue weighted by Gasteiger charge is 2.15. The molecule has 0 aliphatic heterocycles. The predicted octanol–water partition coefficient (Wildman–Crippen LogP) is 2.80. The first-order chi connectivity index (χ1) is 13.9. The number of hydrogen-bond donors (Lipinski definition) is 2. The maximum absolute atomic E-state index is 12.4. The molecule has 2 N–H and O–H groups in total. The van der Waals surface area contributed by atoms with E-state index in [1.54, 1.807) is 24.3 Å². The molecule has 150 valence electrons. The molecule has 0 unspecified atom stereocenters. The minimum atomic E-state index is -3.74. The lowest BCUT2D eigenvalue weighted by molar-refractivity contribution is 0.0600. The van der Waals surface area contributed by atoms with Crippen molar-refractivity contribution in [3.05, 3.63) is 83.8 Å². The van der Waals surface area contributed by atoms with Crippen LogP contribution in [0.25, 0.3) is 0 Å². The van der Waals surface area contributed by atoms with Gasteiger partial charge < -0.3 is 14.5 Å². The van der Waals surface area contributed by atoms with Crippen LogP contribution in [0.2, 0.25) is 0 Å². The molecule has 9 heteroatoms. The van der Waals surface area contributed by atoms with Gasteiger partial charge in [0.15, 0.2) is 0 Å². The molecule has 2 aromatic carbocycles. The Morgan fingerprint density at radius 1 is 0.966 bits per heavy atom. The number of furan rings is 1. The van der Waals surface area contributed by atoms with E-state index < -0.39 is 21.9 Å². The van der Waals surface area contributed by atoms with Crippen molar-refractivity contribution >= 4 is 27.6 Å². The van der Waals surface area contributed by atoms with Crippen LogP contribution in [-0.4, -0.2) is 27.4 Å². The summed E-state index contributed by atoms with van der Waals surface area (Å²) in [5, 5.41) is 2.68. The maximum Gasteiger partial charge on any atom is 0.337 e. The summed E-state index contributed by atoms with van der Waals surface area (Å²) in [7, 11) is -2.45. The number of anilines is 1. The molecule has 0 saturated heterocycles. The Balaban J connectivity index is 1.64. The van der Waals surface area contributed by atoms with Gasteiger partial charge in [-0.2, -0.15) is 0 Å². The molecule has 0 bridgehead atoms. The summed E-state index contributed by atoms with van der Waals surface area (Å²) in [6, 6.07) is 15.1. The zero-order valence-electron chi connectivity index (χ0n) is 15.4. The number of esters is 1. The Kier molecular flexibility index (Phi) is 6.10. The highest BCUT2D eigenvalue weighted by molar-refractivity contribution is 7.89. The van der Waals surface area contributed by atoms with E-state index in [0.29, 0.717) is 17.0 Å². The molecule has 0 spiro atoms. The van der Waals surface area contributed by atoms with Crippen LogP contribution < -0.4 is 10.0 Å². The first-order valence-corrected chi connectivity index (χ1v) is 9.99. The SMILES string of the molecule is COC(=O)c1ccc(NC(=O)c2ccc(S(=O)(=O)NCc3ccco3)cc2)cc1. The summed E-state index contributed by atoms with van der Waals surface area (Å²) < 4.78 is 36.8. The van der Waals surface area contributed by atoms with E-state index >= 15 is 0 Å². The van der Waals surface area contributed by atoms with Gasteiger partial charge in [0, 0.05) is 11.3 Å². The summed E-state index contributed by atoms with van der Waals surface area (Å²) in [6.45, 7) is 0.0269. The van der Waals surface area contributed by atoms with Crippen LogP contribution in [0.5, 0.6) is 0 Å². The minimum absolute atomic E-state index is 0.0269. The fourth-order valence-electron chi connectivity index (χ4n) is 2.46. The van der Waals surface area contributed by atoms with Crippen LogP contribution in [0.4, 0.5) is 5.69 Å². The molecule has 1 heterocycles. The lowest BCUT2D eigenvalue weighted by atomic mass is 10.2. The number of carbonyl (C=O) groups is 2. The van der Waals surface area contributed by atoms with Crippen molar-refractivity contribution in [3.8, 4) is 0 Å². The zero-order chi connectivity index (χ0) is 20.9. The summed E-state index contributed by atoms with van der Waals surface area (Å²) in [5.74, 6) is -0.397. The summed E-state index contributed by atoms with van der Waals surface area (Å²) in [6.07, 6.45) is 1.46. The van der Waals surface area contributed by atoms with Crippen molar-refractivity contribution in [2.45, 2.75) is 11.4 Å². The molecule has 0 radical (unpaired) electrons. The number of sulfonamides is 1. The minimum Gasteiger partial charge on any atom is -0.468 e. The third-order valence-electron chi connectivity index (χ3n) is 4.01. The first-order valence-electron chi connectivity index (χ1n) is 8.51. The third-order valence-corrected chi connectivity index (χ3v) is 5.42. The second-order valence-corrected chi connectivity index (χ2v) is 7.72. The van der Waals surface area contributed by atoms with E-state index in [9.17, 15) is 18.0 Å². The molecule has 29 heavy (non-hydrogen) atoms. The Bertz CT molecular complexity index is 1090. The van der Waals surface area contributed by atoms with Gasteiger partial charge in [0.05, 0.1) is 30.4 Å². The van der Waals surface area contributed by atoms with E-state index in [1.165, 1.54) is 49.8 Å². The molecular formula is C20H18N2O6S. The molecule has 1 aromatic heterocycles. The topological polar surface area (TPSA) is 115 Å². The Labute approximate surface area is 167 Å². The molecule has 0 aliphatic rings. The smallest absolute Gasteiger partial charge is 0.337 e. The molecule has 0 saturated carbocycles. The van der Waals surface area contributed by atoms with Crippen molar-refractivity contribution in [1.29, 1.82) is 0 Å². The molecule has 3 aromatic rings. The monoisotopic (exact) mass is 414 g/mol. The molecule has 8 nitrogen and oxygen atoms in total. The highest BCUT2D eigenvalue weighted by atomic mass is 32.2. The van der Waals surface area contributed by atoms with E-state index in [1.807, 2.05) is 0 Å². The zero-order valence-corrected chi connectivity index (χ0v) is 16.2. The van der Waals surface area contributed by atoms with Crippen LogP contribution in [0.3, 0.4) is 0 Å². The maximum atomic E-state index is 12.4. The molecule has 3 rings (SSSR count). The van der Waals surface area contributed by atoms with Crippen molar-refractivity contribution in [2.75, 3.05) is 12.4 Å². The fourth-order valence-corrected chi connectivity index (χ4v) is 3.45. The average molecular weight is 414 g/mol. The Hall–Kier alpha value is -3.43. The number of rotatable bonds is 7. The van der Waals surface area contributed by atoms with E-state index in [2.05, 4.69) is 14.8 Å². The highest BCUT2D eigenvalue weighted by Crippen LogP contribution is 2.15. The number of nitrogens with one attached hydrogen (secondary N) is 2. The van der Waals surface area contributed by atoms with Gasteiger partial charge in [0.25, 0.3) is 5.91 Å². The van der Waals surface area contributed by atoms with Crippen LogP contribution in [0, 0.1) is 0 Å². The van der Waals surface area contributed by atoms with Crippen molar-refractivity contribution < 1.29 is 27.2 Å². The normalized spacial score (nSPS) is 11.1. The number of carbonyl (C=O) groups excluding carboxylic acids is 2. The van der Waals surface area contributed by atoms with Gasteiger partial charge in [-0.1, -0.05) is 0 Å². The standard InChI is InChI=1S/C20H18N2O6S/c1-27-20(24)15-4-8-16(9-5-15)22-19(23)14-6-10-18(11-7-14)29(25,26)21-13-17-3-2-12-28-17/h2-12,21H,13H2,1H3,(H,22,23). The van der Waals surface area contributed by atoms with Gasteiger partial charge in [-0.05, 0) is 60.7 Å². The fraction of sp³-hybridized carbons (Fsp3) is 0.100. The van der Waals surface area contributed by atoms with Crippen LogP contribution >= 0.6 is 0 Å². The number of amides is 1. The predicted molar refractivity (Wildman–Crippen MR) is 105 cm³/mol. The van der Waals surface area contributed by atoms with E-state index in [-0.39, 0.29) is 17.0 Å². The van der Waals surface area contributed by atoms with Gasteiger partial charge in [-0.3, -0.25) is 4.79 Å². The lowest BCUT2D eigenvalue weighted by Gasteiger charge is -2.08. The largest absolute Gasteiger partial charge is 0.468 e. The number of ether oxygens (including phenoxy) is 1. The lowest BCUT2D eigenvalue weighted by Crippen LogP contribution is -2.23. The molecule has 0 fully saturated rings. The van der Waals surface area contributed by atoms with Crippen LogP contribution in [-0.2, 0) is 21.3 Å². The van der Waals surface area contributed by atoms with Crippen LogP contribution in [0.15, 0.2) is 76.2 Å². The number of hydrogen-bond acceptors (Lipinski definition) is 6. The van der Waals surface area contributed by atoms with Gasteiger partial charge in [-0.15, -0.1) is 0 Å². The van der Waals surface area contributed by atoms with Gasteiger partial charge in [-0.25, -0.2) is 17.9 Å². The van der Waals surface area contributed by atoms with Crippen molar-refractivity contribution in [2.24, 2.45) is 0 Å². The number of benzene rings is 2. The third kappa shape index (κ3) is 5.09. The molecule has 0 aliphatic carbocycles. The van der Waals surface area contributed by atoms with Gasteiger partial charge in [0.1, 0.15) is 5.76 Å². The quantitative estimate of drug-likeness (QED) is 0.575. The average Bonchev–Trinajstić information content (AvgIpc) is 3.26. The Morgan fingerprint density at radius 3 is 2.21 bits per heavy atom. The van der Waals surface area contributed by atoms with Gasteiger partial charge in [0.2, 0.25) is 10.0 Å². The molecule has 1 amide bonds. The Morgan fingerprint density at radius 2 is 1.62 bits per heavy atom. The summed E-state index contributed by atoms with van der Waals surface area (Å²) in [4.78, 5) is 23.8. The second-order valence-electron chi connectivity index (χ2n) is 5.95. The molecular weight excluding hydrogens is 396 g/mol. The first kappa shape index (κ1) is 20.3. The van der Waals surface area contributed by atoms with E-state index in [4.69, 9.17) is 4.42 Å². The van der Waals surface area contributed by atoms with E-state index in [0.717, 1.165) is 0 Å². The van der Waals surface area contributed by atoms with Crippen molar-refractivity contribution in [1.82, 2.24) is 4.72 Å².